The molecule has 0 radical (unpaired) electrons. The largest absolute Gasteiger partial charge is 0.369 e. The molecule has 2 heterocycles. The summed E-state index contributed by atoms with van der Waals surface area (Å²) >= 11 is 1.53. The Morgan fingerprint density at radius 2 is 2.50 bits per heavy atom. The molecule has 1 atom stereocenters. The van der Waals surface area contributed by atoms with E-state index in [1.54, 1.807) is 0 Å². The summed E-state index contributed by atoms with van der Waals surface area (Å²) in [7, 11) is 0. The molecule has 1 aliphatic heterocycles. The second kappa shape index (κ2) is 3.40. The third-order valence-electron chi connectivity index (χ3n) is 2.00. The summed E-state index contributed by atoms with van der Waals surface area (Å²) < 4.78 is 5.24. The van der Waals surface area contributed by atoms with Gasteiger partial charge in [-0.15, -0.1) is 0 Å². The van der Waals surface area contributed by atoms with Crippen LogP contribution in [0.4, 0.5) is 0 Å². The number of rotatable bonds is 3. The molecule has 5 heteroatoms. The monoisotopic (exact) mass is 212 g/mol. The zero-order chi connectivity index (χ0) is 10.2. The average Bonchev–Trinajstić information content (AvgIpc) is 2.80. The number of epoxide rings is 1. The third kappa shape index (κ3) is 2.36. The molecule has 1 N–H and O–H groups in total. The Labute approximate surface area is 86.1 Å². The molecule has 76 valence electrons. The second-order valence-corrected chi connectivity index (χ2v) is 4.68. The van der Waals surface area contributed by atoms with Gasteiger partial charge in [0.2, 0.25) is 0 Å². The first-order chi connectivity index (χ1) is 6.57. The number of hydrogen-bond donors (Lipinski definition) is 1. The average molecular weight is 212 g/mol. The third-order valence-corrected chi connectivity index (χ3v) is 3.22. The Kier molecular flexibility index (Phi) is 2.36. The van der Waals surface area contributed by atoms with Crippen LogP contribution in [0.2, 0.25) is 0 Å². The SMILES string of the molecule is Cc1cc(=O)[nH]c(SCC2(C)CO2)n1. The van der Waals surface area contributed by atoms with Crippen LogP contribution in [0.15, 0.2) is 16.0 Å². The predicted molar refractivity (Wildman–Crippen MR) is 54.7 cm³/mol. The highest BCUT2D eigenvalue weighted by molar-refractivity contribution is 7.99. The van der Waals surface area contributed by atoms with Crippen molar-refractivity contribution < 1.29 is 4.74 Å². The van der Waals surface area contributed by atoms with E-state index < -0.39 is 0 Å². The van der Waals surface area contributed by atoms with Gasteiger partial charge in [-0.25, -0.2) is 4.98 Å². The van der Waals surface area contributed by atoms with Crippen molar-refractivity contribution in [3.05, 3.63) is 22.1 Å². The first-order valence-electron chi connectivity index (χ1n) is 4.42. The number of aromatic amines is 1. The molecular formula is C9H12N2O2S. The number of nitrogens with one attached hydrogen (secondary N) is 1. The summed E-state index contributed by atoms with van der Waals surface area (Å²) in [5, 5.41) is 0.673. The number of thioether (sulfide) groups is 1. The van der Waals surface area contributed by atoms with Crippen molar-refractivity contribution in [3.8, 4) is 0 Å². The Morgan fingerprint density at radius 1 is 1.79 bits per heavy atom. The van der Waals surface area contributed by atoms with Crippen molar-refractivity contribution in [1.82, 2.24) is 9.97 Å². The lowest BCUT2D eigenvalue weighted by Crippen LogP contribution is -2.12. The van der Waals surface area contributed by atoms with Gasteiger partial charge < -0.3 is 9.72 Å². The maximum atomic E-state index is 11.1. The van der Waals surface area contributed by atoms with Gasteiger partial charge in [0, 0.05) is 17.5 Å². The highest BCUT2D eigenvalue weighted by Gasteiger charge is 2.39. The van der Waals surface area contributed by atoms with Crippen LogP contribution in [0, 0.1) is 6.92 Å². The molecule has 14 heavy (non-hydrogen) atoms. The lowest BCUT2D eigenvalue weighted by Gasteiger charge is -2.03. The maximum Gasteiger partial charge on any atom is 0.251 e. The Bertz CT molecular complexity index is 398. The zero-order valence-electron chi connectivity index (χ0n) is 8.16. The number of hydrogen-bond acceptors (Lipinski definition) is 4. The maximum absolute atomic E-state index is 11.1. The first-order valence-corrected chi connectivity index (χ1v) is 5.41. The van der Waals surface area contributed by atoms with Crippen molar-refractivity contribution in [1.29, 1.82) is 0 Å². The van der Waals surface area contributed by atoms with Crippen molar-refractivity contribution in [2.45, 2.75) is 24.6 Å². The van der Waals surface area contributed by atoms with E-state index in [-0.39, 0.29) is 11.2 Å². The molecular weight excluding hydrogens is 200 g/mol. The molecule has 4 nitrogen and oxygen atoms in total. The summed E-state index contributed by atoms with van der Waals surface area (Å²) in [5.41, 5.74) is 0.646. The Balaban J connectivity index is 2.05. The normalized spacial score (nSPS) is 25.0. The van der Waals surface area contributed by atoms with Crippen LogP contribution >= 0.6 is 11.8 Å². The van der Waals surface area contributed by atoms with E-state index in [0.29, 0.717) is 5.16 Å². The Morgan fingerprint density at radius 3 is 3.07 bits per heavy atom. The Hall–Kier alpha value is -0.810. The van der Waals surface area contributed by atoms with Crippen molar-refractivity contribution in [3.63, 3.8) is 0 Å². The van der Waals surface area contributed by atoms with Gasteiger partial charge in [-0.1, -0.05) is 11.8 Å². The van der Waals surface area contributed by atoms with Gasteiger partial charge in [0.05, 0.1) is 12.2 Å². The van der Waals surface area contributed by atoms with E-state index in [1.165, 1.54) is 17.8 Å². The molecule has 0 aliphatic carbocycles. The van der Waals surface area contributed by atoms with Gasteiger partial charge in [0.1, 0.15) is 0 Å². The fraction of sp³-hybridized carbons (Fsp3) is 0.556. The van der Waals surface area contributed by atoms with E-state index in [4.69, 9.17) is 4.74 Å². The van der Waals surface area contributed by atoms with Crippen molar-refractivity contribution in [2.24, 2.45) is 0 Å². The molecule has 0 amide bonds. The van der Waals surface area contributed by atoms with Crippen LogP contribution in [-0.4, -0.2) is 27.9 Å². The molecule has 0 saturated carbocycles. The smallest absolute Gasteiger partial charge is 0.251 e. The molecule has 2 rings (SSSR count). The van der Waals surface area contributed by atoms with Crippen LogP contribution < -0.4 is 5.56 Å². The lowest BCUT2D eigenvalue weighted by molar-refractivity contribution is 0.348. The van der Waals surface area contributed by atoms with E-state index in [2.05, 4.69) is 9.97 Å². The van der Waals surface area contributed by atoms with Crippen molar-refractivity contribution in [2.75, 3.05) is 12.4 Å². The topological polar surface area (TPSA) is 58.3 Å². The predicted octanol–water partition coefficient (Wildman–Crippen LogP) is 0.959. The van der Waals surface area contributed by atoms with Crippen LogP contribution in [0.5, 0.6) is 0 Å². The lowest BCUT2D eigenvalue weighted by atomic mass is 10.3. The van der Waals surface area contributed by atoms with Gasteiger partial charge in [0.15, 0.2) is 5.16 Å². The minimum absolute atomic E-state index is 0.00696. The fourth-order valence-corrected chi connectivity index (χ4v) is 2.04. The summed E-state index contributed by atoms with van der Waals surface area (Å²) in [6.07, 6.45) is 0. The molecule has 1 fully saturated rings. The van der Waals surface area contributed by atoms with E-state index in [1.807, 2.05) is 13.8 Å². The summed E-state index contributed by atoms with van der Waals surface area (Å²) in [5.74, 6) is 0.833. The molecule has 1 aromatic rings. The summed E-state index contributed by atoms with van der Waals surface area (Å²) in [6, 6.07) is 1.49. The van der Waals surface area contributed by atoms with Gasteiger partial charge in [-0.05, 0) is 13.8 Å². The van der Waals surface area contributed by atoms with Gasteiger partial charge in [0.25, 0.3) is 5.56 Å². The van der Waals surface area contributed by atoms with E-state index in [0.717, 1.165) is 18.1 Å². The molecule has 0 bridgehead atoms. The highest BCUT2D eigenvalue weighted by atomic mass is 32.2. The number of ether oxygens (including phenoxy) is 1. The molecule has 1 aliphatic rings. The number of H-pyrrole nitrogens is 1. The van der Waals surface area contributed by atoms with E-state index in [9.17, 15) is 4.79 Å². The second-order valence-electron chi connectivity index (χ2n) is 3.72. The minimum Gasteiger partial charge on any atom is -0.369 e. The van der Waals surface area contributed by atoms with Crippen LogP contribution in [0.3, 0.4) is 0 Å². The molecule has 1 aromatic heterocycles. The molecule has 1 saturated heterocycles. The van der Waals surface area contributed by atoms with Gasteiger partial charge in [-0.2, -0.15) is 0 Å². The standard InChI is InChI=1S/C9H12N2O2S/c1-6-3-7(12)11-8(10-6)14-5-9(2)4-13-9/h3H,4-5H2,1-2H3,(H,10,11,12). The number of aryl methyl sites for hydroxylation is 1. The summed E-state index contributed by atoms with van der Waals surface area (Å²) in [4.78, 5) is 18.0. The minimum atomic E-state index is -0.0955. The quantitative estimate of drug-likeness (QED) is 0.460. The summed E-state index contributed by atoms with van der Waals surface area (Å²) in [6.45, 7) is 4.67. The van der Waals surface area contributed by atoms with Gasteiger partial charge in [-0.3, -0.25) is 4.79 Å². The van der Waals surface area contributed by atoms with Gasteiger partial charge >= 0.3 is 0 Å². The number of nitrogens with zero attached hydrogens (tertiary/aromatic N) is 1. The molecule has 0 spiro atoms. The first kappa shape index (κ1) is 9.73. The highest BCUT2D eigenvalue weighted by Crippen LogP contribution is 2.31. The van der Waals surface area contributed by atoms with E-state index >= 15 is 0 Å². The number of aromatic nitrogens is 2. The molecule has 1 unspecified atom stereocenters. The van der Waals surface area contributed by atoms with Crippen LogP contribution in [0.25, 0.3) is 0 Å². The van der Waals surface area contributed by atoms with Crippen LogP contribution in [0.1, 0.15) is 12.6 Å². The fourth-order valence-electron chi connectivity index (χ4n) is 1.05. The molecule has 0 aromatic carbocycles. The van der Waals surface area contributed by atoms with Crippen molar-refractivity contribution >= 4 is 11.8 Å². The zero-order valence-corrected chi connectivity index (χ0v) is 8.98. The van der Waals surface area contributed by atoms with Crippen LogP contribution in [-0.2, 0) is 4.74 Å².